The van der Waals surface area contributed by atoms with E-state index in [1.54, 1.807) is 7.11 Å². The molecule has 1 aliphatic rings. The van der Waals surface area contributed by atoms with E-state index in [0.29, 0.717) is 57.0 Å². The van der Waals surface area contributed by atoms with Gasteiger partial charge in [-0.05, 0) is 30.7 Å². The van der Waals surface area contributed by atoms with Gasteiger partial charge in [0.1, 0.15) is 11.3 Å². The number of para-hydroxylation sites is 1. The van der Waals surface area contributed by atoms with Crippen molar-refractivity contribution in [2.75, 3.05) is 65.8 Å². The number of likely N-dealkylation sites (N-methyl/N-ethyl adjacent to an activating group) is 1. The number of nitrogens with zero attached hydrogens (tertiary/aromatic N) is 6. The predicted molar refractivity (Wildman–Crippen MR) is 167 cm³/mol. The van der Waals surface area contributed by atoms with Gasteiger partial charge in [0.05, 0.1) is 30.6 Å². The first-order valence-corrected chi connectivity index (χ1v) is 14.8. The summed E-state index contributed by atoms with van der Waals surface area (Å²) in [6, 6.07) is 15.4. The van der Waals surface area contributed by atoms with Gasteiger partial charge >= 0.3 is 5.97 Å². The van der Waals surface area contributed by atoms with Crippen LogP contribution in [-0.4, -0.2) is 106 Å². The number of imidazole rings is 1. The Morgan fingerprint density at radius 1 is 1.05 bits per heavy atom. The number of ether oxygens (including phenoxy) is 1. The van der Waals surface area contributed by atoms with Crippen LogP contribution in [0.5, 0.6) is 0 Å². The van der Waals surface area contributed by atoms with Crippen LogP contribution in [0.2, 0.25) is 0 Å². The fraction of sp³-hybridized carbons (Fsp3) is 0.438. The van der Waals surface area contributed by atoms with Crippen LogP contribution in [0, 0.1) is 0 Å². The van der Waals surface area contributed by atoms with Gasteiger partial charge in [-0.1, -0.05) is 42.5 Å². The summed E-state index contributed by atoms with van der Waals surface area (Å²) in [4.78, 5) is 40.8. The maximum Gasteiger partial charge on any atom is 0.307 e. The quantitative estimate of drug-likeness (QED) is 0.242. The molecule has 0 unspecified atom stereocenters. The lowest BCUT2D eigenvalue weighted by Crippen LogP contribution is -2.49. The Hall–Kier alpha value is -4.06. The summed E-state index contributed by atoms with van der Waals surface area (Å²) in [6.07, 6.45) is 1.28. The number of benzene rings is 2. The monoisotopic (exact) mass is 587 g/mol. The molecule has 2 aromatic heterocycles. The zero-order valence-electron chi connectivity index (χ0n) is 25.0. The molecule has 0 aliphatic carbocycles. The summed E-state index contributed by atoms with van der Waals surface area (Å²) in [5.41, 5.74) is 10.5. The molecule has 11 heteroatoms. The molecule has 0 spiro atoms. The van der Waals surface area contributed by atoms with Crippen LogP contribution in [0.3, 0.4) is 0 Å². The number of aryl methyl sites for hydroxylation is 1. The van der Waals surface area contributed by atoms with Crippen molar-refractivity contribution in [3.8, 4) is 0 Å². The van der Waals surface area contributed by atoms with E-state index in [-0.39, 0.29) is 12.3 Å². The normalized spacial score (nSPS) is 14.5. The average molecular weight is 588 g/mol. The van der Waals surface area contributed by atoms with Gasteiger partial charge in [-0.2, -0.15) is 0 Å². The number of piperazine rings is 1. The topological polar surface area (TPSA) is 130 Å². The van der Waals surface area contributed by atoms with Gasteiger partial charge in [0.2, 0.25) is 5.91 Å². The van der Waals surface area contributed by atoms with Crippen molar-refractivity contribution in [1.29, 1.82) is 0 Å². The number of aromatic nitrogens is 3. The van der Waals surface area contributed by atoms with Gasteiger partial charge in [-0.25, -0.2) is 9.97 Å². The molecule has 228 valence electrons. The molecule has 1 amide bonds. The average Bonchev–Trinajstić information content (AvgIpc) is 3.35. The molecule has 11 nitrogen and oxygen atoms in total. The van der Waals surface area contributed by atoms with Crippen molar-refractivity contribution in [2.45, 2.75) is 32.4 Å². The minimum atomic E-state index is -0.875. The van der Waals surface area contributed by atoms with Crippen LogP contribution < -0.4 is 5.73 Å². The van der Waals surface area contributed by atoms with Crippen molar-refractivity contribution in [3.63, 3.8) is 0 Å². The van der Waals surface area contributed by atoms with Gasteiger partial charge in [-0.15, -0.1) is 0 Å². The molecule has 5 rings (SSSR count). The number of nitrogen functional groups attached to an aromatic ring is 1. The number of nitrogens with two attached hydrogens (primary N) is 1. The number of amides is 1. The summed E-state index contributed by atoms with van der Waals surface area (Å²) in [7, 11) is 3.77. The molecule has 0 atom stereocenters. The van der Waals surface area contributed by atoms with Crippen molar-refractivity contribution >= 4 is 39.6 Å². The number of anilines is 1. The largest absolute Gasteiger partial charge is 0.481 e. The molecular weight excluding hydrogens is 546 g/mol. The van der Waals surface area contributed by atoms with Crippen molar-refractivity contribution in [1.82, 2.24) is 29.2 Å². The highest BCUT2D eigenvalue weighted by Gasteiger charge is 2.22. The van der Waals surface area contributed by atoms with E-state index in [0.717, 1.165) is 59.5 Å². The Bertz CT molecular complexity index is 1580. The van der Waals surface area contributed by atoms with Crippen LogP contribution in [0.25, 0.3) is 21.9 Å². The van der Waals surface area contributed by atoms with Crippen molar-refractivity contribution in [3.05, 3.63) is 65.5 Å². The van der Waals surface area contributed by atoms with Crippen LogP contribution in [0.15, 0.2) is 48.5 Å². The molecule has 0 saturated carbocycles. The van der Waals surface area contributed by atoms with Crippen molar-refractivity contribution in [2.24, 2.45) is 0 Å². The van der Waals surface area contributed by atoms with Crippen molar-refractivity contribution < 1.29 is 19.4 Å². The lowest BCUT2D eigenvalue weighted by Gasteiger charge is -2.33. The Kier molecular flexibility index (Phi) is 9.86. The molecule has 2 aromatic carbocycles. The maximum absolute atomic E-state index is 13.7. The SMILES string of the molecule is COCCc1nc2c(N)nc3ccccc3c2n1CCCN(Cc1cccc(CC(=O)O)c1)C(=O)CN1CCN(C)CC1. The number of carboxylic acids is 1. The zero-order chi connectivity index (χ0) is 30.3. The predicted octanol–water partition coefficient (Wildman–Crippen LogP) is 2.65. The minimum absolute atomic E-state index is 0.0486. The van der Waals surface area contributed by atoms with Gasteiger partial charge in [0, 0.05) is 64.7 Å². The third-order valence-electron chi connectivity index (χ3n) is 8.06. The second kappa shape index (κ2) is 13.9. The number of aliphatic carboxylic acids is 1. The summed E-state index contributed by atoms with van der Waals surface area (Å²) in [6.45, 7) is 6.08. The number of methoxy groups -OCH3 is 1. The lowest BCUT2D eigenvalue weighted by molar-refractivity contribution is -0.136. The standard InChI is InChI=1S/C32H41N7O4/c1-36-14-16-37(17-15-36)22-28(40)38(21-24-8-5-7-23(19-24)20-29(41)42)12-6-13-39-27(11-18-43-2)35-30-31(39)25-9-3-4-10-26(25)34-32(30)33/h3-5,7-10,19H,6,11-18,20-22H2,1-2H3,(H2,33,34)(H,41,42). The van der Waals surface area contributed by atoms with E-state index in [1.165, 1.54) is 0 Å². The van der Waals surface area contributed by atoms with Gasteiger partial charge in [-0.3, -0.25) is 14.5 Å². The van der Waals surface area contributed by atoms with Gasteiger partial charge < -0.3 is 29.9 Å². The Labute approximate surface area is 251 Å². The molecule has 0 bridgehead atoms. The van der Waals surface area contributed by atoms with Crippen LogP contribution >= 0.6 is 0 Å². The lowest BCUT2D eigenvalue weighted by atomic mass is 10.1. The highest BCUT2D eigenvalue weighted by atomic mass is 16.5. The first-order valence-electron chi connectivity index (χ1n) is 14.8. The Morgan fingerprint density at radius 2 is 1.81 bits per heavy atom. The second-order valence-corrected chi connectivity index (χ2v) is 11.3. The van der Waals surface area contributed by atoms with E-state index < -0.39 is 5.97 Å². The minimum Gasteiger partial charge on any atom is -0.481 e. The van der Waals surface area contributed by atoms with Gasteiger partial charge in [0.25, 0.3) is 0 Å². The summed E-state index contributed by atoms with van der Waals surface area (Å²) >= 11 is 0. The number of carboxylic acid groups (broad SMARTS) is 1. The third kappa shape index (κ3) is 7.48. The molecule has 1 aliphatic heterocycles. The number of carbonyl (C=O) groups is 2. The third-order valence-corrected chi connectivity index (χ3v) is 8.06. The molecule has 0 radical (unpaired) electrons. The number of rotatable bonds is 13. The summed E-state index contributed by atoms with van der Waals surface area (Å²) < 4.78 is 7.57. The van der Waals surface area contributed by atoms with E-state index in [1.807, 2.05) is 53.4 Å². The van der Waals surface area contributed by atoms with E-state index >= 15 is 0 Å². The fourth-order valence-electron chi connectivity index (χ4n) is 5.77. The first-order chi connectivity index (χ1) is 20.8. The number of hydrogen-bond acceptors (Lipinski definition) is 8. The van der Waals surface area contributed by atoms with Gasteiger partial charge in [0.15, 0.2) is 5.82 Å². The molecular formula is C32H41N7O4. The Balaban J connectivity index is 1.39. The number of pyridine rings is 1. The highest BCUT2D eigenvalue weighted by Crippen LogP contribution is 2.29. The fourth-order valence-corrected chi connectivity index (χ4v) is 5.77. The zero-order valence-corrected chi connectivity index (χ0v) is 25.0. The van der Waals surface area contributed by atoms with E-state index in [4.69, 9.17) is 15.5 Å². The summed E-state index contributed by atoms with van der Waals surface area (Å²) in [5.74, 6) is 0.470. The van der Waals surface area contributed by atoms with Crippen LogP contribution in [0.1, 0.15) is 23.4 Å². The van der Waals surface area contributed by atoms with Crippen LogP contribution in [-0.2, 0) is 40.3 Å². The highest BCUT2D eigenvalue weighted by molar-refractivity contribution is 6.06. The summed E-state index contributed by atoms with van der Waals surface area (Å²) in [5, 5.41) is 10.3. The molecule has 1 fully saturated rings. The maximum atomic E-state index is 13.7. The van der Waals surface area contributed by atoms with E-state index in [2.05, 4.69) is 26.4 Å². The smallest absolute Gasteiger partial charge is 0.307 e. The molecule has 3 N–H and O–H groups in total. The molecule has 4 aromatic rings. The second-order valence-electron chi connectivity index (χ2n) is 11.3. The number of carbonyl (C=O) groups excluding carboxylic acids is 1. The number of fused-ring (bicyclic) bond motifs is 3. The van der Waals surface area contributed by atoms with E-state index in [9.17, 15) is 14.7 Å². The Morgan fingerprint density at radius 3 is 2.58 bits per heavy atom. The number of hydrogen-bond donors (Lipinski definition) is 2. The van der Waals surface area contributed by atoms with Crippen LogP contribution in [0.4, 0.5) is 5.82 Å². The molecule has 43 heavy (non-hydrogen) atoms. The molecule has 3 heterocycles. The first kappa shape index (κ1) is 30.4. The molecule has 1 saturated heterocycles.